The first-order valence-electron chi connectivity index (χ1n) is 6.56. The first-order chi connectivity index (χ1) is 8.22. The Kier molecular flexibility index (Phi) is 2.08. The average Bonchev–Trinajstić information content (AvgIpc) is 2.63. The summed E-state index contributed by atoms with van der Waals surface area (Å²) in [6.45, 7) is 12.9. The summed E-state index contributed by atoms with van der Waals surface area (Å²) in [6.07, 6.45) is 0. The van der Waals surface area contributed by atoms with E-state index in [0.717, 1.165) is 0 Å². The molecule has 0 fully saturated rings. The Morgan fingerprint density at radius 3 is 2.33 bits per heavy atom. The monoisotopic (exact) mass is 243 g/mol. The molecule has 2 aromatic rings. The fourth-order valence-corrected chi connectivity index (χ4v) is 3.47. The van der Waals surface area contributed by atoms with E-state index in [1.165, 1.54) is 33.3 Å². The molecule has 2 heterocycles. The molecule has 1 aromatic carbocycles. The zero-order valence-electron chi connectivity index (χ0n) is 12.1. The standard InChI is InChI=1S/C16H21NO/c1-9-7-10(2)13-11(8-9)12-14(17-13)16(5,6)18-15(12,3)4/h7-8,17H,1-6H3. The van der Waals surface area contributed by atoms with Gasteiger partial charge in [-0.25, -0.2) is 0 Å². The number of rotatable bonds is 0. The van der Waals surface area contributed by atoms with Gasteiger partial charge in [0.25, 0.3) is 0 Å². The second-order valence-electron chi connectivity index (χ2n) is 6.50. The van der Waals surface area contributed by atoms with Crippen LogP contribution in [0.3, 0.4) is 0 Å². The Morgan fingerprint density at radius 2 is 1.67 bits per heavy atom. The predicted molar refractivity (Wildman–Crippen MR) is 74.9 cm³/mol. The summed E-state index contributed by atoms with van der Waals surface area (Å²) in [4.78, 5) is 3.59. The second kappa shape index (κ2) is 3.18. The number of benzene rings is 1. The Balaban J connectivity index is 2.46. The van der Waals surface area contributed by atoms with E-state index in [2.05, 4.69) is 58.7 Å². The van der Waals surface area contributed by atoms with E-state index in [1.807, 2.05) is 0 Å². The van der Waals surface area contributed by atoms with Gasteiger partial charge in [-0.05, 0) is 53.2 Å². The van der Waals surface area contributed by atoms with E-state index in [0.29, 0.717) is 0 Å². The molecule has 0 bridgehead atoms. The third-order valence-electron chi connectivity index (χ3n) is 3.96. The maximum atomic E-state index is 6.20. The molecule has 0 aliphatic carbocycles. The quantitative estimate of drug-likeness (QED) is 0.733. The molecular formula is C16H21NO. The van der Waals surface area contributed by atoms with Gasteiger partial charge in [0.1, 0.15) is 5.60 Å². The van der Waals surface area contributed by atoms with E-state index in [-0.39, 0.29) is 11.2 Å². The number of ether oxygens (including phenoxy) is 1. The summed E-state index contributed by atoms with van der Waals surface area (Å²) >= 11 is 0. The van der Waals surface area contributed by atoms with Gasteiger partial charge in [0, 0.05) is 16.5 Å². The van der Waals surface area contributed by atoms with Crippen molar-refractivity contribution in [3.8, 4) is 0 Å². The fourth-order valence-electron chi connectivity index (χ4n) is 3.47. The highest BCUT2D eigenvalue weighted by atomic mass is 16.5. The molecule has 1 aliphatic heterocycles. The lowest BCUT2D eigenvalue weighted by atomic mass is 9.93. The van der Waals surface area contributed by atoms with Gasteiger partial charge in [0.2, 0.25) is 0 Å². The van der Waals surface area contributed by atoms with Gasteiger partial charge in [-0.1, -0.05) is 11.6 Å². The minimum absolute atomic E-state index is 0.225. The summed E-state index contributed by atoms with van der Waals surface area (Å²) in [6, 6.07) is 4.50. The molecule has 0 radical (unpaired) electrons. The minimum Gasteiger partial charge on any atom is -0.359 e. The van der Waals surface area contributed by atoms with Gasteiger partial charge in [-0.2, -0.15) is 0 Å². The van der Waals surface area contributed by atoms with Crippen molar-refractivity contribution >= 4 is 10.9 Å². The molecule has 3 rings (SSSR count). The van der Waals surface area contributed by atoms with Crippen molar-refractivity contribution in [2.45, 2.75) is 52.7 Å². The van der Waals surface area contributed by atoms with Crippen LogP contribution in [-0.4, -0.2) is 4.98 Å². The van der Waals surface area contributed by atoms with Gasteiger partial charge in [0.15, 0.2) is 0 Å². The Labute approximate surface area is 108 Å². The van der Waals surface area contributed by atoms with Gasteiger partial charge in [0.05, 0.1) is 11.3 Å². The zero-order chi connectivity index (χ0) is 13.3. The lowest BCUT2D eigenvalue weighted by Gasteiger charge is -2.25. The Morgan fingerprint density at radius 1 is 1.00 bits per heavy atom. The number of fused-ring (bicyclic) bond motifs is 3. The van der Waals surface area contributed by atoms with E-state index in [9.17, 15) is 0 Å². The van der Waals surface area contributed by atoms with E-state index in [4.69, 9.17) is 4.74 Å². The molecule has 96 valence electrons. The molecule has 1 aliphatic rings. The molecule has 0 amide bonds. The lowest BCUT2D eigenvalue weighted by molar-refractivity contribution is -0.106. The number of aromatic nitrogens is 1. The van der Waals surface area contributed by atoms with E-state index < -0.39 is 0 Å². The molecule has 18 heavy (non-hydrogen) atoms. The van der Waals surface area contributed by atoms with Crippen LogP contribution < -0.4 is 0 Å². The molecule has 0 unspecified atom stereocenters. The highest BCUT2D eigenvalue weighted by Crippen LogP contribution is 2.49. The van der Waals surface area contributed by atoms with Crippen molar-refractivity contribution < 1.29 is 4.74 Å². The molecule has 2 heteroatoms. The van der Waals surface area contributed by atoms with Crippen LogP contribution in [0.25, 0.3) is 10.9 Å². The predicted octanol–water partition coefficient (Wildman–Crippen LogP) is 4.29. The maximum absolute atomic E-state index is 6.20. The van der Waals surface area contributed by atoms with Gasteiger partial charge in [-0.3, -0.25) is 0 Å². The first kappa shape index (κ1) is 11.8. The first-order valence-corrected chi connectivity index (χ1v) is 6.56. The van der Waals surface area contributed by atoms with E-state index >= 15 is 0 Å². The van der Waals surface area contributed by atoms with E-state index in [1.54, 1.807) is 0 Å². The summed E-state index contributed by atoms with van der Waals surface area (Å²) in [5.41, 5.74) is 5.98. The largest absolute Gasteiger partial charge is 0.359 e. The highest BCUT2D eigenvalue weighted by Gasteiger charge is 2.45. The van der Waals surface area contributed by atoms with Crippen molar-refractivity contribution in [2.24, 2.45) is 0 Å². The number of aryl methyl sites for hydroxylation is 2. The lowest BCUT2D eigenvalue weighted by Crippen LogP contribution is -2.23. The molecule has 0 saturated carbocycles. The molecular weight excluding hydrogens is 222 g/mol. The Bertz CT molecular complexity index is 647. The highest BCUT2D eigenvalue weighted by molar-refractivity contribution is 5.89. The number of hydrogen-bond acceptors (Lipinski definition) is 1. The summed E-state index contributed by atoms with van der Waals surface area (Å²) in [5, 5.41) is 1.32. The molecule has 0 saturated heterocycles. The SMILES string of the molecule is Cc1cc(C)c2[nH]c3c(c2c1)C(C)(C)OC3(C)C. The summed E-state index contributed by atoms with van der Waals surface area (Å²) < 4.78 is 6.20. The zero-order valence-corrected chi connectivity index (χ0v) is 12.1. The normalized spacial score (nSPS) is 20.3. The van der Waals surface area contributed by atoms with Crippen molar-refractivity contribution in [3.63, 3.8) is 0 Å². The summed E-state index contributed by atoms with van der Waals surface area (Å²) in [7, 11) is 0. The Hall–Kier alpha value is -1.28. The average molecular weight is 243 g/mol. The second-order valence-corrected chi connectivity index (χ2v) is 6.50. The van der Waals surface area contributed by atoms with Crippen LogP contribution >= 0.6 is 0 Å². The van der Waals surface area contributed by atoms with Crippen molar-refractivity contribution in [2.75, 3.05) is 0 Å². The molecule has 0 atom stereocenters. The van der Waals surface area contributed by atoms with Gasteiger partial charge in [-0.15, -0.1) is 0 Å². The van der Waals surface area contributed by atoms with Crippen molar-refractivity contribution in [1.82, 2.24) is 4.98 Å². The number of H-pyrrole nitrogens is 1. The topological polar surface area (TPSA) is 25.0 Å². The maximum Gasteiger partial charge on any atom is 0.104 e. The number of aromatic amines is 1. The number of nitrogens with one attached hydrogen (secondary N) is 1. The van der Waals surface area contributed by atoms with Crippen LogP contribution in [-0.2, 0) is 15.9 Å². The van der Waals surface area contributed by atoms with Crippen LogP contribution in [0.4, 0.5) is 0 Å². The van der Waals surface area contributed by atoms with Gasteiger partial charge < -0.3 is 9.72 Å². The third-order valence-corrected chi connectivity index (χ3v) is 3.96. The van der Waals surface area contributed by atoms with Crippen LogP contribution in [0.1, 0.15) is 50.1 Å². The van der Waals surface area contributed by atoms with Crippen LogP contribution in [0, 0.1) is 13.8 Å². The smallest absolute Gasteiger partial charge is 0.104 e. The summed E-state index contributed by atoms with van der Waals surface area (Å²) in [5.74, 6) is 0. The number of hydrogen-bond donors (Lipinski definition) is 1. The molecule has 1 N–H and O–H groups in total. The molecule has 2 nitrogen and oxygen atoms in total. The fraction of sp³-hybridized carbons (Fsp3) is 0.500. The third kappa shape index (κ3) is 1.39. The minimum atomic E-state index is -0.238. The van der Waals surface area contributed by atoms with Crippen LogP contribution in [0.2, 0.25) is 0 Å². The van der Waals surface area contributed by atoms with Crippen LogP contribution in [0.5, 0.6) is 0 Å². The van der Waals surface area contributed by atoms with Crippen molar-refractivity contribution in [3.05, 3.63) is 34.5 Å². The molecule has 1 aromatic heterocycles. The van der Waals surface area contributed by atoms with Crippen molar-refractivity contribution in [1.29, 1.82) is 0 Å². The molecule has 0 spiro atoms. The van der Waals surface area contributed by atoms with Gasteiger partial charge >= 0.3 is 0 Å². The van der Waals surface area contributed by atoms with Crippen LogP contribution in [0.15, 0.2) is 12.1 Å².